The third kappa shape index (κ3) is 5.33. The second kappa shape index (κ2) is 9.37. The first-order chi connectivity index (χ1) is 14.3. The van der Waals surface area contributed by atoms with E-state index < -0.39 is 5.97 Å². The average molecular weight is 423 g/mol. The molecular weight excluding hydrogens is 400 g/mol. The summed E-state index contributed by atoms with van der Waals surface area (Å²) in [5.74, 6) is -1.57. The van der Waals surface area contributed by atoms with Crippen LogP contribution in [-0.2, 0) is 16.0 Å². The van der Waals surface area contributed by atoms with E-state index in [4.69, 9.17) is 5.11 Å². The second-order valence-corrected chi connectivity index (χ2v) is 7.97. The zero-order valence-corrected chi connectivity index (χ0v) is 17.5. The summed E-state index contributed by atoms with van der Waals surface area (Å²) in [5.41, 5.74) is 3.40. The maximum Gasteiger partial charge on any atom is 0.335 e. The standard InChI is InChI=1S/C23H22N2O4S/c1-15-5-10-19(12-16(15)2)25(22(27)13-20-4-3-11-30-20)14-21(26)24-18-8-6-17(7-9-18)23(28)29/h3-12H,13-14H2,1-2H3,(H,24,26)(H,28,29). The Balaban J connectivity index is 1.78. The van der Waals surface area contributed by atoms with E-state index >= 15 is 0 Å². The molecule has 0 aliphatic heterocycles. The molecular formula is C23H22N2O4S. The van der Waals surface area contributed by atoms with Gasteiger partial charge in [0, 0.05) is 16.3 Å². The largest absolute Gasteiger partial charge is 0.478 e. The van der Waals surface area contributed by atoms with Crippen molar-refractivity contribution in [2.45, 2.75) is 20.3 Å². The van der Waals surface area contributed by atoms with Gasteiger partial charge in [0.2, 0.25) is 11.8 Å². The summed E-state index contributed by atoms with van der Waals surface area (Å²) in [6.07, 6.45) is 0.213. The van der Waals surface area contributed by atoms with Crippen LogP contribution in [0.5, 0.6) is 0 Å². The molecule has 7 heteroatoms. The summed E-state index contributed by atoms with van der Waals surface area (Å²) in [7, 11) is 0. The Kier molecular flexibility index (Phi) is 6.64. The Labute approximate surface area is 178 Å². The normalized spacial score (nSPS) is 10.5. The van der Waals surface area contributed by atoms with Gasteiger partial charge in [0.25, 0.3) is 0 Å². The summed E-state index contributed by atoms with van der Waals surface area (Å²) < 4.78 is 0. The molecule has 1 heterocycles. The lowest BCUT2D eigenvalue weighted by Gasteiger charge is -2.23. The molecule has 154 valence electrons. The molecule has 0 atom stereocenters. The number of aromatic carboxylic acids is 1. The van der Waals surface area contributed by atoms with Gasteiger partial charge in [-0.2, -0.15) is 0 Å². The van der Waals surface area contributed by atoms with Gasteiger partial charge < -0.3 is 15.3 Å². The molecule has 0 spiro atoms. The first-order valence-corrected chi connectivity index (χ1v) is 10.2. The van der Waals surface area contributed by atoms with Crippen molar-refractivity contribution in [2.75, 3.05) is 16.8 Å². The number of carboxylic acids is 1. The van der Waals surface area contributed by atoms with Gasteiger partial charge >= 0.3 is 5.97 Å². The van der Waals surface area contributed by atoms with Gasteiger partial charge in [-0.3, -0.25) is 9.59 Å². The van der Waals surface area contributed by atoms with Crippen LogP contribution in [0.4, 0.5) is 11.4 Å². The number of hydrogen-bond acceptors (Lipinski definition) is 4. The summed E-state index contributed by atoms with van der Waals surface area (Å²) >= 11 is 1.50. The number of hydrogen-bond donors (Lipinski definition) is 2. The van der Waals surface area contributed by atoms with E-state index in [2.05, 4.69) is 5.32 Å². The number of benzene rings is 2. The first kappa shape index (κ1) is 21.3. The van der Waals surface area contributed by atoms with Gasteiger partial charge in [-0.15, -0.1) is 11.3 Å². The number of carbonyl (C=O) groups excluding carboxylic acids is 2. The fourth-order valence-electron chi connectivity index (χ4n) is 2.91. The Bertz CT molecular complexity index is 1060. The van der Waals surface area contributed by atoms with E-state index in [1.807, 2.05) is 49.6 Å². The van der Waals surface area contributed by atoms with Crippen LogP contribution in [0.1, 0.15) is 26.4 Å². The van der Waals surface area contributed by atoms with Crippen molar-refractivity contribution in [1.82, 2.24) is 0 Å². The highest BCUT2D eigenvalue weighted by Gasteiger charge is 2.20. The van der Waals surface area contributed by atoms with Crippen LogP contribution in [0.3, 0.4) is 0 Å². The fraction of sp³-hybridized carbons (Fsp3) is 0.174. The van der Waals surface area contributed by atoms with Crippen molar-refractivity contribution < 1.29 is 19.5 Å². The van der Waals surface area contributed by atoms with Crippen LogP contribution in [0.2, 0.25) is 0 Å². The maximum atomic E-state index is 13.0. The van der Waals surface area contributed by atoms with Crippen LogP contribution in [0.15, 0.2) is 60.0 Å². The molecule has 30 heavy (non-hydrogen) atoms. The number of amides is 2. The van der Waals surface area contributed by atoms with E-state index in [-0.39, 0.29) is 30.3 Å². The summed E-state index contributed by atoms with van der Waals surface area (Å²) in [4.78, 5) is 39.0. The van der Waals surface area contributed by atoms with Crippen molar-refractivity contribution in [3.05, 3.63) is 81.5 Å². The molecule has 0 unspecified atom stereocenters. The van der Waals surface area contributed by atoms with E-state index in [1.54, 1.807) is 0 Å². The third-order valence-corrected chi connectivity index (χ3v) is 5.60. The predicted molar refractivity (Wildman–Crippen MR) is 118 cm³/mol. The highest BCUT2D eigenvalue weighted by Crippen LogP contribution is 2.21. The molecule has 0 bridgehead atoms. The number of rotatable bonds is 7. The first-order valence-electron chi connectivity index (χ1n) is 9.36. The van der Waals surface area contributed by atoms with Crippen molar-refractivity contribution >= 4 is 40.5 Å². The molecule has 2 N–H and O–H groups in total. The van der Waals surface area contributed by atoms with Crippen LogP contribution in [-0.4, -0.2) is 29.4 Å². The van der Waals surface area contributed by atoms with Crippen molar-refractivity contribution in [3.63, 3.8) is 0 Å². The van der Waals surface area contributed by atoms with E-state index in [1.165, 1.54) is 40.5 Å². The summed E-state index contributed by atoms with van der Waals surface area (Å²) in [6, 6.07) is 15.3. The minimum Gasteiger partial charge on any atom is -0.478 e. The lowest BCUT2D eigenvalue weighted by atomic mass is 10.1. The third-order valence-electron chi connectivity index (χ3n) is 4.73. The van der Waals surface area contributed by atoms with Gasteiger partial charge in [0.1, 0.15) is 6.54 Å². The zero-order chi connectivity index (χ0) is 21.7. The van der Waals surface area contributed by atoms with Gasteiger partial charge in [0.15, 0.2) is 0 Å². The fourth-order valence-corrected chi connectivity index (χ4v) is 3.61. The minimum absolute atomic E-state index is 0.135. The molecule has 0 saturated carbocycles. The van der Waals surface area contributed by atoms with Crippen molar-refractivity contribution in [1.29, 1.82) is 0 Å². The SMILES string of the molecule is Cc1ccc(N(CC(=O)Nc2ccc(C(=O)O)cc2)C(=O)Cc2cccs2)cc1C. The van der Waals surface area contributed by atoms with Crippen LogP contribution >= 0.6 is 11.3 Å². The molecule has 0 radical (unpaired) electrons. The van der Waals surface area contributed by atoms with Crippen LogP contribution < -0.4 is 10.2 Å². The van der Waals surface area contributed by atoms with Crippen molar-refractivity contribution in [3.8, 4) is 0 Å². The van der Waals surface area contributed by atoms with Gasteiger partial charge in [0.05, 0.1) is 12.0 Å². The molecule has 3 aromatic rings. The number of nitrogens with zero attached hydrogens (tertiary/aromatic N) is 1. The topological polar surface area (TPSA) is 86.7 Å². The second-order valence-electron chi connectivity index (χ2n) is 6.94. The molecule has 2 amide bonds. The Hall–Kier alpha value is -3.45. The lowest BCUT2D eigenvalue weighted by molar-refractivity contribution is -0.121. The molecule has 6 nitrogen and oxygen atoms in total. The highest BCUT2D eigenvalue weighted by atomic mass is 32.1. The van der Waals surface area contributed by atoms with Crippen LogP contribution in [0.25, 0.3) is 0 Å². The van der Waals surface area contributed by atoms with Crippen molar-refractivity contribution in [2.24, 2.45) is 0 Å². The molecule has 3 rings (SSSR count). The van der Waals surface area contributed by atoms with E-state index in [0.717, 1.165) is 16.0 Å². The smallest absolute Gasteiger partial charge is 0.335 e. The molecule has 0 aliphatic rings. The molecule has 0 saturated heterocycles. The monoisotopic (exact) mass is 422 g/mol. The number of carbonyl (C=O) groups is 3. The predicted octanol–water partition coefficient (Wildman–Crippen LogP) is 4.28. The van der Waals surface area contributed by atoms with Crippen LogP contribution in [0, 0.1) is 13.8 Å². The van der Waals surface area contributed by atoms with Gasteiger partial charge in [-0.05, 0) is 72.8 Å². The Morgan fingerprint density at radius 2 is 1.73 bits per heavy atom. The number of thiophene rings is 1. The quantitative estimate of drug-likeness (QED) is 0.595. The minimum atomic E-state index is -1.03. The summed E-state index contributed by atoms with van der Waals surface area (Å²) in [6.45, 7) is 3.81. The zero-order valence-electron chi connectivity index (χ0n) is 16.7. The average Bonchev–Trinajstić information content (AvgIpc) is 3.21. The number of aryl methyl sites for hydroxylation is 2. The molecule has 0 aliphatic carbocycles. The maximum absolute atomic E-state index is 13.0. The van der Waals surface area contributed by atoms with Gasteiger partial charge in [-0.25, -0.2) is 4.79 Å². The number of anilines is 2. The molecule has 2 aromatic carbocycles. The van der Waals surface area contributed by atoms with E-state index in [9.17, 15) is 14.4 Å². The molecule has 0 fully saturated rings. The van der Waals surface area contributed by atoms with Gasteiger partial charge in [-0.1, -0.05) is 12.1 Å². The Morgan fingerprint density at radius 3 is 2.33 bits per heavy atom. The summed E-state index contributed by atoms with van der Waals surface area (Å²) in [5, 5.41) is 13.6. The number of nitrogens with one attached hydrogen (secondary N) is 1. The molecule has 1 aromatic heterocycles. The van der Waals surface area contributed by atoms with E-state index in [0.29, 0.717) is 11.4 Å². The Morgan fingerprint density at radius 1 is 1.00 bits per heavy atom. The lowest BCUT2D eigenvalue weighted by Crippen LogP contribution is -2.39. The number of carboxylic acid groups (broad SMARTS) is 1. The highest BCUT2D eigenvalue weighted by molar-refractivity contribution is 7.10.